The second kappa shape index (κ2) is 5.50. The molecule has 0 aliphatic carbocycles. The van der Waals surface area contributed by atoms with E-state index in [0.717, 1.165) is 12.1 Å². The van der Waals surface area contributed by atoms with Crippen molar-refractivity contribution >= 4 is 0 Å². The van der Waals surface area contributed by atoms with Gasteiger partial charge in [-0.05, 0) is 17.7 Å². The third-order valence-corrected chi connectivity index (χ3v) is 2.70. The Labute approximate surface area is 97.7 Å². The summed E-state index contributed by atoms with van der Waals surface area (Å²) in [6.45, 7) is 1.37. The van der Waals surface area contributed by atoms with Gasteiger partial charge in [0.25, 0.3) is 0 Å². The normalized spacial score (nSPS) is 22.4. The van der Waals surface area contributed by atoms with E-state index in [2.05, 4.69) is 5.43 Å². The van der Waals surface area contributed by atoms with Gasteiger partial charge in [-0.3, -0.25) is 11.3 Å². The van der Waals surface area contributed by atoms with Gasteiger partial charge in [-0.1, -0.05) is 6.07 Å². The van der Waals surface area contributed by atoms with Crippen molar-refractivity contribution < 1.29 is 18.3 Å². The summed E-state index contributed by atoms with van der Waals surface area (Å²) < 4.78 is 36.7. The van der Waals surface area contributed by atoms with Crippen LogP contribution in [-0.2, 0) is 9.47 Å². The Morgan fingerprint density at radius 2 is 2.12 bits per heavy atom. The minimum Gasteiger partial charge on any atom is -0.376 e. The van der Waals surface area contributed by atoms with Crippen molar-refractivity contribution in [2.24, 2.45) is 5.84 Å². The Balaban J connectivity index is 2.18. The molecule has 94 valence electrons. The van der Waals surface area contributed by atoms with Crippen LogP contribution in [0.4, 0.5) is 8.78 Å². The van der Waals surface area contributed by atoms with E-state index in [4.69, 9.17) is 15.3 Å². The van der Waals surface area contributed by atoms with Crippen LogP contribution in [0.25, 0.3) is 0 Å². The molecule has 17 heavy (non-hydrogen) atoms. The molecule has 1 aromatic carbocycles. The second-order valence-corrected chi connectivity index (χ2v) is 3.80. The Hall–Kier alpha value is -1.08. The molecule has 0 amide bonds. The van der Waals surface area contributed by atoms with Crippen molar-refractivity contribution in [3.8, 4) is 0 Å². The molecule has 1 aromatic rings. The predicted molar refractivity (Wildman–Crippen MR) is 57.0 cm³/mol. The highest BCUT2D eigenvalue weighted by Gasteiger charge is 2.26. The molecule has 1 saturated heterocycles. The largest absolute Gasteiger partial charge is 0.376 e. The zero-order chi connectivity index (χ0) is 12.3. The standard InChI is InChI=1S/C11H14F2N2O2/c12-8-2-1-7(5-9(8)13)11(15-14)10-6-16-3-4-17-10/h1-2,5,10-11,15H,3-4,6,14H2. The van der Waals surface area contributed by atoms with Crippen LogP contribution < -0.4 is 11.3 Å². The van der Waals surface area contributed by atoms with Crippen molar-refractivity contribution in [2.45, 2.75) is 12.1 Å². The third kappa shape index (κ3) is 2.78. The zero-order valence-electron chi connectivity index (χ0n) is 9.16. The molecule has 4 nitrogen and oxygen atoms in total. The van der Waals surface area contributed by atoms with Crippen molar-refractivity contribution in [3.63, 3.8) is 0 Å². The molecule has 3 N–H and O–H groups in total. The van der Waals surface area contributed by atoms with Gasteiger partial charge in [-0.25, -0.2) is 8.78 Å². The van der Waals surface area contributed by atoms with E-state index in [1.54, 1.807) is 0 Å². The maximum Gasteiger partial charge on any atom is 0.159 e. The second-order valence-electron chi connectivity index (χ2n) is 3.80. The van der Waals surface area contributed by atoms with Gasteiger partial charge in [0.05, 0.1) is 25.9 Å². The predicted octanol–water partition coefficient (Wildman–Crippen LogP) is 0.885. The van der Waals surface area contributed by atoms with Crippen molar-refractivity contribution in [3.05, 3.63) is 35.4 Å². The molecule has 2 rings (SSSR count). The maximum atomic E-state index is 13.1. The van der Waals surface area contributed by atoms with Gasteiger partial charge in [0.2, 0.25) is 0 Å². The fourth-order valence-corrected chi connectivity index (χ4v) is 1.82. The molecule has 0 aromatic heterocycles. The number of nitrogens with two attached hydrogens (primary N) is 1. The minimum absolute atomic E-state index is 0.307. The average Bonchev–Trinajstić information content (AvgIpc) is 2.36. The smallest absolute Gasteiger partial charge is 0.159 e. The fourth-order valence-electron chi connectivity index (χ4n) is 1.82. The number of hydrogen-bond donors (Lipinski definition) is 2. The highest BCUT2D eigenvalue weighted by atomic mass is 19.2. The Bertz CT molecular complexity index is 384. The molecule has 0 bridgehead atoms. The van der Waals surface area contributed by atoms with Crippen molar-refractivity contribution in [2.75, 3.05) is 19.8 Å². The van der Waals surface area contributed by atoms with E-state index in [-0.39, 0.29) is 6.10 Å². The molecule has 0 saturated carbocycles. The summed E-state index contributed by atoms with van der Waals surface area (Å²) >= 11 is 0. The molecule has 1 fully saturated rings. The van der Waals surface area contributed by atoms with Crippen LogP contribution in [-0.4, -0.2) is 25.9 Å². The minimum atomic E-state index is -0.903. The summed E-state index contributed by atoms with van der Waals surface area (Å²) in [5.74, 6) is 3.63. The van der Waals surface area contributed by atoms with Crippen LogP contribution in [0.3, 0.4) is 0 Å². The first-order valence-corrected chi connectivity index (χ1v) is 5.33. The third-order valence-electron chi connectivity index (χ3n) is 2.70. The summed E-state index contributed by atoms with van der Waals surface area (Å²) in [4.78, 5) is 0. The van der Waals surface area contributed by atoms with Crippen LogP contribution in [0.15, 0.2) is 18.2 Å². The number of nitrogens with one attached hydrogen (secondary N) is 1. The number of halogens is 2. The van der Waals surface area contributed by atoms with Gasteiger partial charge in [0.15, 0.2) is 11.6 Å². The number of benzene rings is 1. The van der Waals surface area contributed by atoms with Crippen LogP contribution in [0.5, 0.6) is 0 Å². The van der Waals surface area contributed by atoms with Gasteiger partial charge in [0.1, 0.15) is 6.10 Å². The van der Waals surface area contributed by atoms with E-state index in [9.17, 15) is 8.78 Å². The number of hydrogen-bond acceptors (Lipinski definition) is 4. The lowest BCUT2D eigenvalue weighted by Gasteiger charge is -2.30. The van der Waals surface area contributed by atoms with Crippen molar-refractivity contribution in [1.29, 1.82) is 0 Å². The van der Waals surface area contributed by atoms with E-state index in [0.29, 0.717) is 25.4 Å². The SMILES string of the molecule is NNC(c1ccc(F)c(F)c1)C1COCCO1. The molecule has 1 aliphatic heterocycles. The zero-order valence-corrected chi connectivity index (χ0v) is 9.16. The fraction of sp³-hybridized carbons (Fsp3) is 0.455. The van der Waals surface area contributed by atoms with Crippen LogP contribution in [0, 0.1) is 11.6 Å². The molecule has 2 unspecified atom stereocenters. The Morgan fingerprint density at radius 3 is 2.71 bits per heavy atom. The lowest BCUT2D eigenvalue weighted by Crippen LogP contribution is -2.43. The van der Waals surface area contributed by atoms with Gasteiger partial charge >= 0.3 is 0 Å². The Morgan fingerprint density at radius 1 is 1.29 bits per heavy atom. The summed E-state index contributed by atoms with van der Waals surface area (Å²) in [6.07, 6.45) is -0.307. The van der Waals surface area contributed by atoms with Gasteiger partial charge in [0, 0.05) is 0 Å². The quantitative estimate of drug-likeness (QED) is 0.612. The molecule has 0 radical (unpaired) electrons. The molecule has 1 heterocycles. The Kier molecular flexibility index (Phi) is 4.01. The van der Waals surface area contributed by atoms with Gasteiger partial charge in [-0.2, -0.15) is 0 Å². The van der Waals surface area contributed by atoms with Crippen LogP contribution in [0.1, 0.15) is 11.6 Å². The summed E-state index contributed by atoms with van der Waals surface area (Å²) in [5, 5.41) is 0. The van der Waals surface area contributed by atoms with E-state index < -0.39 is 17.7 Å². The van der Waals surface area contributed by atoms with Crippen LogP contribution >= 0.6 is 0 Å². The van der Waals surface area contributed by atoms with E-state index in [1.807, 2.05) is 0 Å². The topological polar surface area (TPSA) is 56.5 Å². The van der Waals surface area contributed by atoms with E-state index in [1.165, 1.54) is 6.07 Å². The first-order valence-electron chi connectivity index (χ1n) is 5.33. The molecule has 2 atom stereocenters. The molecule has 1 aliphatic rings. The van der Waals surface area contributed by atoms with Crippen LogP contribution in [0.2, 0.25) is 0 Å². The monoisotopic (exact) mass is 244 g/mol. The van der Waals surface area contributed by atoms with Gasteiger partial charge in [-0.15, -0.1) is 0 Å². The molecular weight excluding hydrogens is 230 g/mol. The molecule has 0 spiro atoms. The van der Waals surface area contributed by atoms with Gasteiger partial charge < -0.3 is 9.47 Å². The number of hydrazine groups is 1. The summed E-state index contributed by atoms with van der Waals surface area (Å²) in [5.41, 5.74) is 3.07. The van der Waals surface area contributed by atoms with Crippen molar-refractivity contribution in [1.82, 2.24) is 5.43 Å². The lowest BCUT2D eigenvalue weighted by atomic mass is 10.0. The van der Waals surface area contributed by atoms with E-state index >= 15 is 0 Å². The maximum absolute atomic E-state index is 13.1. The summed E-state index contributed by atoms with van der Waals surface area (Å²) in [6, 6.07) is 3.22. The first kappa shape index (κ1) is 12.4. The number of ether oxygens (including phenoxy) is 2. The first-order chi connectivity index (χ1) is 8.22. The average molecular weight is 244 g/mol. The highest BCUT2D eigenvalue weighted by Crippen LogP contribution is 2.22. The number of rotatable bonds is 3. The highest BCUT2D eigenvalue weighted by molar-refractivity contribution is 5.22. The molecular formula is C11H14F2N2O2. The summed E-state index contributed by atoms with van der Waals surface area (Å²) in [7, 11) is 0. The molecule has 6 heteroatoms. The lowest BCUT2D eigenvalue weighted by molar-refractivity contribution is -0.102.